The number of aliphatic hydroxyl groups is 1. The summed E-state index contributed by atoms with van der Waals surface area (Å²) in [6.07, 6.45) is 5.93. The zero-order valence-corrected chi connectivity index (χ0v) is 16.4. The van der Waals surface area contributed by atoms with Crippen LogP contribution in [0.1, 0.15) is 36.5 Å². The van der Waals surface area contributed by atoms with Crippen LogP contribution in [-0.4, -0.2) is 24.3 Å². The molecule has 0 radical (unpaired) electrons. The number of fused-ring (bicyclic) bond motifs is 7. The van der Waals surface area contributed by atoms with Gasteiger partial charge in [-0.2, -0.15) is 0 Å². The smallest absolute Gasteiger partial charge is 0.161 e. The van der Waals surface area contributed by atoms with Crippen molar-refractivity contribution in [1.29, 1.82) is 0 Å². The first-order valence-electron chi connectivity index (χ1n) is 9.36. The fourth-order valence-corrected chi connectivity index (χ4v) is 5.23. The van der Waals surface area contributed by atoms with E-state index in [1.807, 2.05) is 18.3 Å². The van der Waals surface area contributed by atoms with Gasteiger partial charge in [-0.05, 0) is 65.6 Å². The van der Waals surface area contributed by atoms with E-state index in [-0.39, 0.29) is 12.4 Å². The SMILES string of the molecule is COc1cc2c3c(c4ncccc4c2cc1OC)[C@H](O)[C@@H]1CCCC1C3.Cl. The lowest BCUT2D eigenvalue weighted by atomic mass is 9.73. The summed E-state index contributed by atoms with van der Waals surface area (Å²) in [6.45, 7) is 0. The van der Waals surface area contributed by atoms with Gasteiger partial charge in [-0.1, -0.05) is 12.5 Å². The zero-order chi connectivity index (χ0) is 17.8. The Morgan fingerprint density at radius 2 is 1.78 bits per heavy atom. The lowest BCUT2D eigenvalue weighted by Crippen LogP contribution is -2.26. The Hall–Kier alpha value is -2.04. The Balaban J connectivity index is 0.00000180. The van der Waals surface area contributed by atoms with Crippen molar-refractivity contribution in [2.75, 3.05) is 14.2 Å². The molecule has 1 fully saturated rings. The van der Waals surface area contributed by atoms with Gasteiger partial charge in [0.2, 0.25) is 0 Å². The van der Waals surface area contributed by atoms with E-state index in [4.69, 9.17) is 9.47 Å². The number of aliphatic hydroxyl groups excluding tert-OH is 1. The van der Waals surface area contributed by atoms with Crippen LogP contribution in [0.2, 0.25) is 0 Å². The molecule has 2 aliphatic rings. The van der Waals surface area contributed by atoms with Crippen LogP contribution >= 0.6 is 12.4 Å². The molecular weight excluding hydrogens is 362 g/mol. The summed E-state index contributed by atoms with van der Waals surface area (Å²) < 4.78 is 11.1. The van der Waals surface area contributed by atoms with Gasteiger partial charge < -0.3 is 14.6 Å². The van der Waals surface area contributed by atoms with Gasteiger partial charge in [0.1, 0.15) is 0 Å². The van der Waals surface area contributed by atoms with Crippen molar-refractivity contribution in [2.24, 2.45) is 11.8 Å². The summed E-state index contributed by atoms with van der Waals surface area (Å²) in [4.78, 5) is 4.68. The predicted molar refractivity (Wildman–Crippen MR) is 109 cm³/mol. The summed E-state index contributed by atoms with van der Waals surface area (Å²) in [5.41, 5.74) is 3.20. The maximum absolute atomic E-state index is 11.2. The Morgan fingerprint density at radius 1 is 1.04 bits per heavy atom. The fraction of sp³-hybridized carbons (Fsp3) is 0.409. The average Bonchev–Trinajstić information content (AvgIpc) is 3.16. The maximum Gasteiger partial charge on any atom is 0.161 e. The minimum absolute atomic E-state index is 0. The molecule has 5 heteroatoms. The van der Waals surface area contributed by atoms with Gasteiger partial charge >= 0.3 is 0 Å². The van der Waals surface area contributed by atoms with Crippen molar-refractivity contribution in [1.82, 2.24) is 4.98 Å². The highest BCUT2D eigenvalue weighted by atomic mass is 35.5. The molecule has 1 heterocycles. The Labute approximate surface area is 164 Å². The number of rotatable bonds is 2. The maximum atomic E-state index is 11.2. The second-order valence-electron chi connectivity index (χ2n) is 7.55. The molecule has 4 nitrogen and oxygen atoms in total. The number of halogens is 1. The molecule has 3 atom stereocenters. The van der Waals surface area contributed by atoms with Crippen LogP contribution in [0.4, 0.5) is 0 Å². The number of ether oxygens (including phenoxy) is 2. The lowest BCUT2D eigenvalue weighted by molar-refractivity contribution is 0.0758. The lowest BCUT2D eigenvalue weighted by Gasteiger charge is -2.34. The van der Waals surface area contributed by atoms with Crippen molar-refractivity contribution >= 4 is 34.1 Å². The summed E-state index contributed by atoms with van der Waals surface area (Å²) in [5.74, 6) is 2.38. The highest BCUT2D eigenvalue weighted by Crippen LogP contribution is 2.51. The van der Waals surface area contributed by atoms with Crippen LogP contribution in [0.25, 0.3) is 21.7 Å². The Bertz CT molecular complexity index is 1020. The molecule has 3 aromatic rings. The minimum Gasteiger partial charge on any atom is -0.493 e. The van der Waals surface area contributed by atoms with Crippen LogP contribution < -0.4 is 9.47 Å². The van der Waals surface area contributed by atoms with Crippen LogP contribution in [-0.2, 0) is 6.42 Å². The van der Waals surface area contributed by atoms with Crippen molar-refractivity contribution in [3.63, 3.8) is 0 Å². The number of hydrogen-bond acceptors (Lipinski definition) is 4. The standard InChI is InChI=1S/C22H23NO3.ClH/c1-25-18-10-15-14-7-4-8-23-21(14)20-17(16(15)11-19(18)26-2)9-12-5-3-6-13(12)22(20)24;/h4,7-8,10-13,22,24H,3,5-6,9H2,1-2H3;1H/t12?,13-,22-;/m1./s1. The molecule has 0 bridgehead atoms. The summed E-state index contributed by atoms with van der Waals surface area (Å²) in [5, 5.41) is 14.6. The predicted octanol–water partition coefficient (Wildman–Crippen LogP) is 4.83. The van der Waals surface area contributed by atoms with Crippen LogP contribution in [0.15, 0.2) is 30.5 Å². The van der Waals surface area contributed by atoms with Crippen LogP contribution in [0, 0.1) is 11.8 Å². The van der Waals surface area contributed by atoms with Gasteiger partial charge in [-0.15, -0.1) is 12.4 Å². The molecule has 0 aliphatic heterocycles. The second kappa shape index (κ2) is 6.84. The van der Waals surface area contributed by atoms with E-state index < -0.39 is 6.10 Å². The second-order valence-corrected chi connectivity index (χ2v) is 7.55. The molecule has 27 heavy (non-hydrogen) atoms. The van der Waals surface area contributed by atoms with Gasteiger partial charge in [0, 0.05) is 17.1 Å². The molecule has 5 rings (SSSR count). The number of hydrogen-bond donors (Lipinski definition) is 1. The van der Waals surface area contributed by atoms with E-state index in [2.05, 4.69) is 17.1 Å². The number of nitrogens with zero attached hydrogens (tertiary/aromatic N) is 1. The normalized spacial score (nSPS) is 23.6. The van der Waals surface area contributed by atoms with Gasteiger partial charge in [0.25, 0.3) is 0 Å². The third-order valence-electron chi connectivity index (χ3n) is 6.41. The summed E-state index contributed by atoms with van der Waals surface area (Å²) in [6, 6.07) is 8.16. The molecule has 0 amide bonds. The molecule has 1 N–H and O–H groups in total. The van der Waals surface area contributed by atoms with E-state index in [9.17, 15) is 5.11 Å². The van der Waals surface area contributed by atoms with Crippen molar-refractivity contribution in [3.05, 3.63) is 41.6 Å². The zero-order valence-electron chi connectivity index (χ0n) is 15.6. The molecule has 1 unspecified atom stereocenters. The molecule has 142 valence electrons. The van der Waals surface area contributed by atoms with Crippen LogP contribution in [0.3, 0.4) is 0 Å². The molecule has 2 aliphatic carbocycles. The van der Waals surface area contributed by atoms with E-state index in [1.54, 1.807) is 14.2 Å². The number of methoxy groups -OCH3 is 2. The van der Waals surface area contributed by atoms with E-state index >= 15 is 0 Å². The number of pyridine rings is 1. The first-order valence-corrected chi connectivity index (χ1v) is 9.36. The molecule has 2 aromatic carbocycles. The van der Waals surface area contributed by atoms with Crippen molar-refractivity contribution < 1.29 is 14.6 Å². The van der Waals surface area contributed by atoms with Gasteiger partial charge in [-0.3, -0.25) is 4.98 Å². The summed E-state index contributed by atoms with van der Waals surface area (Å²) >= 11 is 0. The first-order chi connectivity index (χ1) is 12.7. The quantitative estimate of drug-likeness (QED) is 0.642. The highest BCUT2D eigenvalue weighted by Gasteiger charge is 2.40. The third-order valence-corrected chi connectivity index (χ3v) is 6.41. The van der Waals surface area contributed by atoms with E-state index in [0.29, 0.717) is 11.8 Å². The molecule has 1 saturated carbocycles. The van der Waals surface area contributed by atoms with Gasteiger partial charge in [0.15, 0.2) is 11.5 Å². The van der Waals surface area contributed by atoms with Gasteiger partial charge in [-0.25, -0.2) is 0 Å². The topological polar surface area (TPSA) is 51.6 Å². The largest absolute Gasteiger partial charge is 0.493 e. The van der Waals surface area contributed by atoms with E-state index in [0.717, 1.165) is 51.6 Å². The van der Waals surface area contributed by atoms with E-state index in [1.165, 1.54) is 18.4 Å². The Morgan fingerprint density at radius 3 is 2.52 bits per heavy atom. The molecule has 1 aromatic heterocycles. The van der Waals surface area contributed by atoms with Gasteiger partial charge in [0.05, 0.1) is 25.8 Å². The molecule has 0 spiro atoms. The van der Waals surface area contributed by atoms with Crippen molar-refractivity contribution in [2.45, 2.75) is 31.8 Å². The third kappa shape index (κ3) is 2.58. The summed E-state index contributed by atoms with van der Waals surface area (Å²) in [7, 11) is 3.33. The minimum atomic E-state index is -0.429. The average molecular weight is 386 g/mol. The monoisotopic (exact) mass is 385 g/mol. The number of benzene rings is 2. The highest BCUT2D eigenvalue weighted by molar-refractivity contribution is 6.10. The van der Waals surface area contributed by atoms with Crippen LogP contribution in [0.5, 0.6) is 11.5 Å². The number of aromatic nitrogens is 1. The molecule has 0 saturated heterocycles. The van der Waals surface area contributed by atoms with Crippen molar-refractivity contribution in [3.8, 4) is 11.5 Å². The molecular formula is C22H24ClNO3. The Kier molecular flexibility index (Phi) is 4.65. The fourth-order valence-electron chi connectivity index (χ4n) is 5.23. The first kappa shape index (κ1) is 18.3.